The van der Waals surface area contributed by atoms with Crippen molar-refractivity contribution in [3.63, 3.8) is 0 Å². The SMILES string of the molecule is O=C(Nc1ccccc1S(=O)(=O)C(F)F)c1cccc(S(=O)(=O)N2CCc3ccccc32)c1. The van der Waals surface area contributed by atoms with Crippen LogP contribution >= 0.6 is 0 Å². The molecule has 0 radical (unpaired) electrons. The predicted molar refractivity (Wildman–Crippen MR) is 119 cm³/mol. The van der Waals surface area contributed by atoms with E-state index in [-0.39, 0.29) is 22.7 Å². The Balaban J connectivity index is 1.64. The molecule has 33 heavy (non-hydrogen) atoms. The number of para-hydroxylation sites is 2. The average Bonchev–Trinajstić information content (AvgIpc) is 3.24. The van der Waals surface area contributed by atoms with Crippen molar-refractivity contribution >= 4 is 37.1 Å². The van der Waals surface area contributed by atoms with Gasteiger partial charge in [0, 0.05) is 12.1 Å². The lowest BCUT2D eigenvalue weighted by atomic mass is 10.2. The number of hydrogen-bond donors (Lipinski definition) is 1. The van der Waals surface area contributed by atoms with Gasteiger partial charge >= 0.3 is 5.76 Å². The second-order valence-electron chi connectivity index (χ2n) is 7.24. The molecule has 0 saturated heterocycles. The van der Waals surface area contributed by atoms with Crippen molar-refractivity contribution in [2.75, 3.05) is 16.2 Å². The molecular weight excluding hydrogens is 474 g/mol. The molecule has 1 aliphatic rings. The largest absolute Gasteiger partial charge is 0.341 e. The van der Waals surface area contributed by atoms with Gasteiger partial charge in [-0.1, -0.05) is 36.4 Å². The third-order valence-corrected chi connectivity index (χ3v) is 8.45. The Hall–Kier alpha value is -3.31. The maximum Gasteiger partial charge on any atom is 0.341 e. The highest BCUT2D eigenvalue weighted by Gasteiger charge is 2.32. The van der Waals surface area contributed by atoms with E-state index in [0.29, 0.717) is 12.1 Å². The fourth-order valence-corrected chi connectivity index (χ4v) is 6.03. The first kappa shape index (κ1) is 22.9. The minimum atomic E-state index is -4.96. The zero-order valence-corrected chi connectivity index (χ0v) is 18.6. The van der Waals surface area contributed by atoms with E-state index in [1.165, 1.54) is 40.7 Å². The number of nitrogens with one attached hydrogen (secondary N) is 1. The average molecular weight is 493 g/mol. The smallest absolute Gasteiger partial charge is 0.321 e. The van der Waals surface area contributed by atoms with Crippen molar-refractivity contribution in [3.05, 3.63) is 83.9 Å². The van der Waals surface area contributed by atoms with Crippen molar-refractivity contribution in [2.45, 2.75) is 22.0 Å². The lowest BCUT2D eigenvalue weighted by Gasteiger charge is -2.20. The molecule has 0 aliphatic carbocycles. The summed E-state index contributed by atoms with van der Waals surface area (Å²) in [5, 5.41) is 2.29. The van der Waals surface area contributed by atoms with E-state index in [9.17, 15) is 30.4 Å². The van der Waals surface area contributed by atoms with Gasteiger partial charge in [-0.05, 0) is 48.4 Å². The molecule has 0 saturated carbocycles. The second kappa shape index (κ2) is 8.56. The second-order valence-corrected chi connectivity index (χ2v) is 11.0. The summed E-state index contributed by atoms with van der Waals surface area (Å²) in [4.78, 5) is 11.9. The first-order chi connectivity index (χ1) is 15.6. The number of nitrogens with zero attached hydrogens (tertiary/aromatic N) is 1. The Labute approximate surface area is 189 Å². The van der Waals surface area contributed by atoms with Gasteiger partial charge in [-0.15, -0.1) is 0 Å². The molecule has 11 heteroatoms. The van der Waals surface area contributed by atoms with E-state index >= 15 is 0 Å². The highest BCUT2D eigenvalue weighted by atomic mass is 32.2. The highest BCUT2D eigenvalue weighted by Crippen LogP contribution is 2.33. The standard InChI is InChI=1S/C22H18F2N2O5S2/c23-22(24)32(28,29)20-11-4-2-9-18(20)25-21(27)16-7-5-8-17(14-16)33(30,31)26-13-12-15-6-1-3-10-19(15)26/h1-11,14,22H,12-13H2,(H,25,27). The number of hydrogen-bond acceptors (Lipinski definition) is 5. The molecule has 7 nitrogen and oxygen atoms in total. The Bertz CT molecular complexity index is 1440. The number of sulfonamides is 1. The van der Waals surface area contributed by atoms with Gasteiger partial charge in [0.25, 0.3) is 15.9 Å². The van der Waals surface area contributed by atoms with Crippen LogP contribution in [0.2, 0.25) is 0 Å². The van der Waals surface area contributed by atoms with E-state index < -0.39 is 36.4 Å². The summed E-state index contributed by atoms with van der Waals surface area (Å²) >= 11 is 0. The summed E-state index contributed by atoms with van der Waals surface area (Å²) in [6.45, 7) is 0.261. The monoisotopic (exact) mass is 492 g/mol. The summed E-state index contributed by atoms with van der Waals surface area (Å²) in [5.74, 6) is -4.50. The summed E-state index contributed by atoms with van der Waals surface area (Å²) in [6.07, 6.45) is 0.560. The Morgan fingerprint density at radius 2 is 1.61 bits per heavy atom. The van der Waals surface area contributed by atoms with Gasteiger partial charge in [0.1, 0.15) is 0 Å². The van der Waals surface area contributed by atoms with E-state index in [0.717, 1.165) is 17.7 Å². The molecule has 1 heterocycles. The van der Waals surface area contributed by atoms with Gasteiger partial charge in [-0.2, -0.15) is 8.78 Å². The van der Waals surface area contributed by atoms with Crippen LogP contribution in [0.15, 0.2) is 82.6 Å². The number of carbonyl (C=O) groups is 1. The number of amides is 1. The lowest BCUT2D eigenvalue weighted by molar-refractivity contribution is 0.102. The number of halogens is 2. The fourth-order valence-electron chi connectivity index (χ4n) is 3.59. The van der Waals surface area contributed by atoms with E-state index in [2.05, 4.69) is 5.32 Å². The van der Waals surface area contributed by atoms with E-state index in [1.807, 2.05) is 12.1 Å². The minimum Gasteiger partial charge on any atom is -0.321 e. The molecule has 0 fully saturated rings. The van der Waals surface area contributed by atoms with Crippen LogP contribution in [0.25, 0.3) is 0 Å². The van der Waals surface area contributed by atoms with Gasteiger partial charge in [0.2, 0.25) is 9.84 Å². The van der Waals surface area contributed by atoms with Crippen molar-refractivity contribution < 1.29 is 30.4 Å². The van der Waals surface area contributed by atoms with E-state index in [4.69, 9.17) is 0 Å². The molecule has 3 aromatic carbocycles. The Morgan fingerprint density at radius 1 is 0.909 bits per heavy atom. The van der Waals surface area contributed by atoms with Crippen molar-refractivity contribution in [3.8, 4) is 0 Å². The molecular formula is C22H18F2N2O5S2. The Kier molecular flexibility index (Phi) is 5.93. The molecule has 172 valence electrons. The first-order valence-corrected chi connectivity index (χ1v) is 12.7. The molecule has 1 aliphatic heterocycles. The van der Waals surface area contributed by atoms with E-state index in [1.54, 1.807) is 12.1 Å². The normalized spacial score (nSPS) is 13.7. The number of fused-ring (bicyclic) bond motifs is 1. The van der Waals surface area contributed by atoms with Gasteiger partial charge < -0.3 is 5.32 Å². The van der Waals surface area contributed by atoms with Crippen LogP contribution in [0, 0.1) is 0 Å². The summed E-state index contributed by atoms with van der Waals surface area (Å²) in [7, 11) is -8.92. The number of alkyl halides is 2. The molecule has 0 aromatic heterocycles. The Morgan fingerprint density at radius 3 is 2.36 bits per heavy atom. The lowest BCUT2D eigenvalue weighted by Crippen LogP contribution is -2.29. The minimum absolute atomic E-state index is 0.0761. The molecule has 1 amide bonds. The van der Waals surface area contributed by atoms with Crippen LogP contribution in [0.4, 0.5) is 20.2 Å². The number of sulfone groups is 1. The van der Waals surface area contributed by atoms with Crippen molar-refractivity contribution in [1.82, 2.24) is 0 Å². The van der Waals surface area contributed by atoms with Crippen molar-refractivity contribution in [2.24, 2.45) is 0 Å². The third-order valence-electron chi connectivity index (χ3n) is 5.21. The highest BCUT2D eigenvalue weighted by molar-refractivity contribution is 7.93. The first-order valence-electron chi connectivity index (χ1n) is 9.75. The van der Waals surface area contributed by atoms with Crippen LogP contribution in [-0.4, -0.2) is 35.0 Å². The zero-order chi connectivity index (χ0) is 23.8. The molecule has 0 bridgehead atoms. The number of rotatable bonds is 6. The van der Waals surface area contributed by atoms with Crippen LogP contribution in [-0.2, 0) is 26.3 Å². The summed E-state index contributed by atoms with van der Waals surface area (Å²) in [6, 6.07) is 17.1. The zero-order valence-electron chi connectivity index (χ0n) is 17.0. The van der Waals surface area contributed by atoms with Crippen molar-refractivity contribution in [1.29, 1.82) is 0 Å². The molecule has 4 rings (SSSR count). The van der Waals surface area contributed by atoms with Gasteiger partial charge in [-0.3, -0.25) is 9.10 Å². The van der Waals surface area contributed by atoms with Crippen LogP contribution in [0.3, 0.4) is 0 Å². The van der Waals surface area contributed by atoms with Gasteiger partial charge in [0.05, 0.1) is 21.2 Å². The molecule has 3 aromatic rings. The topological polar surface area (TPSA) is 101 Å². The molecule has 0 unspecified atom stereocenters. The fraction of sp³-hybridized carbons (Fsp3) is 0.136. The van der Waals surface area contributed by atoms with Gasteiger partial charge in [-0.25, -0.2) is 16.8 Å². The molecule has 0 atom stereocenters. The maximum absolute atomic E-state index is 13.2. The van der Waals surface area contributed by atoms with Crippen LogP contribution < -0.4 is 9.62 Å². The molecule has 1 N–H and O–H groups in total. The third kappa shape index (κ3) is 4.21. The number of anilines is 2. The maximum atomic E-state index is 13.2. The predicted octanol–water partition coefficient (Wildman–Crippen LogP) is 3.69. The number of carbonyl (C=O) groups excluding carboxylic acids is 1. The van der Waals surface area contributed by atoms with Crippen LogP contribution in [0.1, 0.15) is 15.9 Å². The van der Waals surface area contributed by atoms with Crippen LogP contribution in [0.5, 0.6) is 0 Å². The van der Waals surface area contributed by atoms with Gasteiger partial charge in [0.15, 0.2) is 0 Å². The summed E-state index contributed by atoms with van der Waals surface area (Å²) in [5.41, 5.74) is 1.06. The molecule has 0 spiro atoms. The summed E-state index contributed by atoms with van der Waals surface area (Å²) < 4.78 is 77.6. The quantitative estimate of drug-likeness (QED) is 0.566. The number of benzene rings is 3.